The van der Waals surface area contributed by atoms with Crippen molar-refractivity contribution in [2.24, 2.45) is 39.4 Å². The van der Waals surface area contributed by atoms with Crippen LogP contribution in [-0.2, 0) is 14.3 Å². The number of carboxylic acids is 1. The van der Waals surface area contributed by atoms with Gasteiger partial charge in [-0.2, -0.15) is 0 Å². The summed E-state index contributed by atoms with van der Waals surface area (Å²) in [7, 11) is 0. The van der Waals surface area contributed by atoms with Crippen LogP contribution in [0.5, 0.6) is 0 Å². The summed E-state index contributed by atoms with van der Waals surface area (Å²) in [6.07, 6.45) is 11.5. The maximum atomic E-state index is 12.7. The molecule has 0 aromatic carbocycles. The first-order valence-corrected chi connectivity index (χ1v) is 14.2. The molecule has 0 radical (unpaired) electrons. The van der Waals surface area contributed by atoms with Gasteiger partial charge < -0.3 is 14.9 Å². The van der Waals surface area contributed by atoms with Crippen LogP contribution in [0.4, 0.5) is 0 Å². The van der Waals surface area contributed by atoms with Gasteiger partial charge in [0, 0.05) is 18.3 Å². The maximum absolute atomic E-state index is 12.7. The van der Waals surface area contributed by atoms with E-state index in [1.54, 1.807) is 0 Å². The lowest BCUT2D eigenvalue weighted by Crippen LogP contribution is -2.54. The van der Waals surface area contributed by atoms with Gasteiger partial charge in [-0.15, -0.1) is 0 Å². The second-order valence-electron chi connectivity index (χ2n) is 14.0. The van der Waals surface area contributed by atoms with Crippen LogP contribution in [0.1, 0.15) is 100 Å². The number of aliphatic hydroxyl groups excluding tert-OH is 1. The number of carboxylic acid groups (broad SMARTS) is 1. The van der Waals surface area contributed by atoms with Crippen LogP contribution in [-0.4, -0.2) is 34.4 Å². The fraction of sp³-hybridized carbons (Fsp3) is 0.750. The van der Waals surface area contributed by atoms with Crippen molar-refractivity contribution in [3.8, 4) is 0 Å². The molecule has 8 atom stereocenters. The van der Waals surface area contributed by atoms with E-state index in [2.05, 4.69) is 52.8 Å². The largest absolute Gasteiger partial charge is 0.481 e. The summed E-state index contributed by atoms with van der Waals surface area (Å²) in [6, 6.07) is 0. The third-order valence-corrected chi connectivity index (χ3v) is 11.4. The van der Waals surface area contributed by atoms with Gasteiger partial charge in [-0.25, -0.2) is 0 Å². The van der Waals surface area contributed by atoms with Crippen LogP contribution >= 0.6 is 0 Å². The number of esters is 1. The molecule has 4 rings (SSSR count). The molecule has 0 unspecified atom stereocenters. The first kappa shape index (κ1) is 28.1. The molecule has 0 saturated heterocycles. The number of aliphatic hydroxyl groups is 1. The average Bonchev–Trinajstić information content (AvgIpc) is 3.00. The Labute approximate surface area is 223 Å². The lowest BCUT2D eigenvalue weighted by atomic mass is 9.44. The van der Waals surface area contributed by atoms with Crippen molar-refractivity contribution in [2.75, 3.05) is 0 Å². The summed E-state index contributed by atoms with van der Waals surface area (Å²) in [6.45, 7) is 16.8. The highest BCUT2D eigenvalue weighted by molar-refractivity contribution is 5.71. The SMILES string of the molecule is CC(=O)O[C@@H]1C[C@@]2(C)C3=CC[C@H]4C(C)(C)[C@@H](O)CC[C@]4(C)C3=CC[C@]2(C)[C@H]1[C@@H](CCC=C(C)C)C(=O)O. The molecule has 0 aliphatic heterocycles. The lowest BCUT2D eigenvalue weighted by Gasteiger charge is -2.60. The molecule has 0 bridgehead atoms. The van der Waals surface area contributed by atoms with Crippen molar-refractivity contribution < 1.29 is 24.5 Å². The molecular formula is C32H48O5. The smallest absolute Gasteiger partial charge is 0.306 e. The minimum atomic E-state index is -0.794. The van der Waals surface area contributed by atoms with Gasteiger partial charge in [0.05, 0.1) is 12.0 Å². The zero-order valence-corrected chi connectivity index (χ0v) is 24.2. The number of carbonyl (C=O) groups is 2. The highest BCUT2D eigenvalue weighted by atomic mass is 16.5. The van der Waals surface area contributed by atoms with Crippen LogP contribution < -0.4 is 0 Å². The Hall–Kier alpha value is -1.88. The zero-order valence-electron chi connectivity index (χ0n) is 24.2. The first-order valence-electron chi connectivity index (χ1n) is 14.2. The second kappa shape index (κ2) is 9.39. The molecule has 5 nitrogen and oxygen atoms in total. The monoisotopic (exact) mass is 512 g/mol. The van der Waals surface area contributed by atoms with Gasteiger partial charge >= 0.3 is 11.9 Å². The Balaban J connectivity index is 1.80. The molecule has 2 N–H and O–H groups in total. The fourth-order valence-electron chi connectivity index (χ4n) is 9.11. The molecule has 206 valence electrons. The summed E-state index contributed by atoms with van der Waals surface area (Å²) < 4.78 is 5.96. The Kier molecular flexibility index (Phi) is 7.14. The van der Waals surface area contributed by atoms with Crippen molar-refractivity contribution in [3.63, 3.8) is 0 Å². The number of ether oxygens (including phenoxy) is 1. The molecule has 0 spiro atoms. The molecule has 0 aromatic rings. The second-order valence-corrected chi connectivity index (χ2v) is 14.0. The Morgan fingerprint density at radius 2 is 1.78 bits per heavy atom. The summed E-state index contributed by atoms with van der Waals surface area (Å²) in [5.41, 5.74) is 3.08. The van der Waals surface area contributed by atoms with Crippen LogP contribution in [0.25, 0.3) is 0 Å². The molecule has 5 heteroatoms. The van der Waals surface area contributed by atoms with Crippen molar-refractivity contribution >= 4 is 11.9 Å². The molecule has 0 amide bonds. The van der Waals surface area contributed by atoms with Gasteiger partial charge in [-0.3, -0.25) is 9.59 Å². The number of rotatable bonds is 6. The van der Waals surface area contributed by atoms with E-state index in [4.69, 9.17) is 4.74 Å². The standard InChI is InChI=1S/C32H48O5/c1-19(2)10-9-11-21(28(35)36)27-24(37-20(3)33)18-32(8)23-12-13-25-29(4,5)26(34)15-16-30(25,6)22(23)14-17-31(27,32)7/h10,12,14,21,24-27,34H,9,11,13,15-18H2,1-8H3,(H,35,36)/t21-,24-,25+,26+,27+,30-,31-,32+/m1/s1. The molecule has 0 aromatic heterocycles. The van der Waals surface area contributed by atoms with E-state index in [1.807, 2.05) is 13.8 Å². The van der Waals surface area contributed by atoms with Crippen molar-refractivity contribution in [3.05, 3.63) is 34.9 Å². The van der Waals surface area contributed by atoms with Gasteiger partial charge in [0.1, 0.15) is 6.10 Å². The molecule has 37 heavy (non-hydrogen) atoms. The fourth-order valence-corrected chi connectivity index (χ4v) is 9.11. The predicted molar refractivity (Wildman–Crippen MR) is 146 cm³/mol. The lowest BCUT2D eigenvalue weighted by molar-refractivity contribution is -0.158. The Morgan fingerprint density at radius 1 is 1.11 bits per heavy atom. The molecule has 4 aliphatic rings. The minimum absolute atomic E-state index is 0.0260. The molecule has 2 fully saturated rings. The van der Waals surface area contributed by atoms with E-state index in [1.165, 1.54) is 23.6 Å². The molecule has 4 aliphatic carbocycles. The van der Waals surface area contributed by atoms with Gasteiger partial charge in [-0.1, -0.05) is 58.4 Å². The normalized spacial score (nSPS) is 40.8. The summed E-state index contributed by atoms with van der Waals surface area (Å²) >= 11 is 0. The summed E-state index contributed by atoms with van der Waals surface area (Å²) in [4.78, 5) is 25.0. The van der Waals surface area contributed by atoms with Gasteiger partial charge in [0.15, 0.2) is 0 Å². The number of hydrogen-bond donors (Lipinski definition) is 2. The zero-order chi connectivity index (χ0) is 27.6. The topological polar surface area (TPSA) is 83.8 Å². The molecular weight excluding hydrogens is 464 g/mol. The number of allylic oxidation sites excluding steroid dienone is 6. The highest BCUT2D eigenvalue weighted by Gasteiger charge is 2.67. The third kappa shape index (κ3) is 4.24. The summed E-state index contributed by atoms with van der Waals surface area (Å²) in [5.74, 6) is -1.63. The van der Waals surface area contributed by atoms with Gasteiger partial charge in [0.2, 0.25) is 0 Å². The average molecular weight is 513 g/mol. The van der Waals surface area contributed by atoms with Crippen LogP contribution in [0.3, 0.4) is 0 Å². The van der Waals surface area contributed by atoms with Crippen molar-refractivity contribution in [2.45, 2.75) is 113 Å². The summed E-state index contributed by atoms with van der Waals surface area (Å²) in [5, 5.41) is 21.3. The van der Waals surface area contributed by atoms with Gasteiger partial charge in [0.25, 0.3) is 0 Å². The number of hydrogen-bond acceptors (Lipinski definition) is 4. The van der Waals surface area contributed by atoms with E-state index in [9.17, 15) is 19.8 Å². The van der Waals surface area contributed by atoms with Crippen LogP contribution in [0.2, 0.25) is 0 Å². The maximum Gasteiger partial charge on any atom is 0.306 e. The third-order valence-electron chi connectivity index (χ3n) is 11.4. The molecule has 2 saturated carbocycles. The number of fused-ring (bicyclic) bond motifs is 5. The van der Waals surface area contributed by atoms with E-state index < -0.39 is 18.0 Å². The van der Waals surface area contributed by atoms with Gasteiger partial charge in [-0.05, 0) is 92.1 Å². The number of carbonyl (C=O) groups excluding carboxylic acids is 1. The van der Waals surface area contributed by atoms with Crippen LogP contribution in [0, 0.1) is 39.4 Å². The van der Waals surface area contributed by atoms with Crippen molar-refractivity contribution in [1.29, 1.82) is 0 Å². The minimum Gasteiger partial charge on any atom is -0.481 e. The van der Waals surface area contributed by atoms with Crippen LogP contribution in [0.15, 0.2) is 34.9 Å². The van der Waals surface area contributed by atoms with E-state index >= 15 is 0 Å². The Morgan fingerprint density at radius 3 is 2.38 bits per heavy atom. The molecule has 0 heterocycles. The predicted octanol–water partition coefficient (Wildman–Crippen LogP) is 6.86. The van der Waals surface area contributed by atoms with E-state index in [0.29, 0.717) is 25.2 Å². The highest BCUT2D eigenvalue weighted by Crippen LogP contribution is 2.72. The quantitative estimate of drug-likeness (QED) is 0.300. The van der Waals surface area contributed by atoms with E-state index in [0.717, 1.165) is 25.7 Å². The first-order chi connectivity index (χ1) is 17.1. The number of aliphatic carboxylic acids is 1. The Bertz CT molecular complexity index is 1050. The van der Waals surface area contributed by atoms with Crippen molar-refractivity contribution in [1.82, 2.24) is 0 Å². The van der Waals surface area contributed by atoms with E-state index in [-0.39, 0.29) is 39.7 Å².